The first-order valence-corrected chi connectivity index (χ1v) is 10.4. The molecule has 0 aliphatic carbocycles. The van der Waals surface area contributed by atoms with Gasteiger partial charge in [-0.3, -0.25) is 14.6 Å². The Kier molecular flexibility index (Phi) is 7.33. The van der Waals surface area contributed by atoms with Crippen LogP contribution in [0.1, 0.15) is 25.3 Å². The van der Waals surface area contributed by atoms with E-state index in [2.05, 4.69) is 11.8 Å². The zero-order valence-corrected chi connectivity index (χ0v) is 18.4. The number of likely N-dealkylation sites (tertiary alicyclic amines) is 1. The Bertz CT molecular complexity index is 748. The predicted octanol–water partition coefficient (Wildman–Crippen LogP) is 1.98. The van der Waals surface area contributed by atoms with E-state index in [-0.39, 0.29) is 24.5 Å². The second-order valence-corrected chi connectivity index (χ2v) is 8.04. The fourth-order valence-electron chi connectivity index (χ4n) is 4.53. The number of amides is 3. The third-order valence-corrected chi connectivity index (χ3v) is 6.27. The van der Waals surface area contributed by atoms with Crippen molar-refractivity contribution >= 4 is 11.9 Å². The van der Waals surface area contributed by atoms with Crippen LogP contribution in [-0.4, -0.2) is 92.4 Å². The van der Waals surface area contributed by atoms with E-state index in [1.165, 1.54) is 4.90 Å². The summed E-state index contributed by atoms with van der Waals surface area (Å²) in [6, 6.07) is 7.52. The topological polar surface area (TPSA) is 71.6 Å². The fourth-order valence-corrected chi connectivity index (χ4v) is 4.53. The van der Waals surface area contributed by atoms with E-state index in [0.717, 1.165) is 18.7 Å². The van der Waals surface area contributed by atoms with Gasteiger partial charge in [-0.15, -0.1) is 0 Å². The minimum Gasteiger partial charge on any atom is -0.497 e. The van der Waals surface area contributed by atoms with Gasteiger partial charge in [0.05, 0.1) is 26.9 Å². The fraction of sp³-hybridized carbons (Fsp3) is 0.636. The number of hydrogen-bond donors (Lipinski definition) is 0. The Hall–Kier alpha value is -2.16. The molecule has 1 atom stereocenters. The first-order valence-electron chi connectivity index (χ1n) is 10.4. The standard InChI is InChI=1S/C22H33N3O5/c1-17(16-29-3)23-10-8-22(9-11-23)20(26)24(21(27)25(22)12-13-28-2)15-18-6-5-7-19(14-18)30-4/h5-7,14,17H,8-13,15-16H2,1-4H3/t17-/m0/s1. The number of urea groups is 1. The van der Waals surface area contributed by atoms with Crippen molar-refractivity contribution in [3.8, 4) is 5.75 Å². The number of hydrogen-bond acceptors (Lipinski definition) is 6. The molecule has 8 nitrogen and oxygen atoms in total. The maximum Gasteiger partial charge on any atom is 0.328 e. The Morgan fingerprint density at radius 3 is 2.47 bits per heavy atom. The molecule has 3 amide bonds. The second-order valence-electron chi connectivity index (χ2n) is 8.04. The lowest BCUT2D eigenvalue weighted by molar-refractivity contribution is -0.136. The summed E-state index contributed by atoms with van der Waals surface area (Å²) < 4.78 is 15.8. The minimum atomic E-state index is -0.794. The summed E-state index contributed by atoms with van der Waals surface area (Å²) in [7, 11) is 4.91. The number of imide groups is 1. The van der Waals surface area contributed by atoms with Crippen LogP contribution in [0.2, 0.25) is 0 Å². The van der Waals surface area contributed by atoms with Crippen molar-refractivity contribution in [2.75, 3.05) is 54.2 Å². The summed E-state index contributed by atoms with van der Waals surface area (Å²) in [4.78, 5) is 32.3. The quantitative estimate of drug-likeness (QED) is 0.570. The van der Waals surface area contributed by atoms with Crippen LogP contribution in [0.15, 0.2) is 24.3 Å². The number of nitrogens with zero attached hydrogens (tertiary/aromatic N) is 3. The molecular weight excluding hydrogens is 386 g/mol. The van der Waals surface area contributed by atoms with E-state index in [9.17, 15) is 9.59 Å². The first-order chi connectivity index (χ1) is 14.5. The molecule has 0 radical (unpaired) electrons. The van der Waals surface area contributed by atoms with Crippen LogP contribution in [0.25, 0.3) is 0 Å². The highest BCUT2D eigenvalue weighted by atomic mass is 16.5. The molecule has 166 valence electrons. The highest BCUT2D eigenvalue weighted by Crippen LogP contribution is 2.38. The van der Waals surface area contributed by atoms with E-state index in [4.69, 9.17) is 14.2 Å². The summed E-state index contributed by atoms with van der Waals surface area (Å²) in [6.07, 6.45) is 1.23. The van der Waals surface area contributed by atoms with Crippen molar-refractivity contribution in [1.82, 2.24) is 14.7 Å². The average Bonchev–Trinajstić information content (AvgIpc) is 2.94. The molecule has 0 bridgehead atoms. The van der Waals surface area contributed by atoms with Crippen molar-refractivity contribution in [1.29, 1.82) is 0 Å². The Labute approximate surface area is 178 Å². The van der Waals surface area contributed by atoms with E-state index in [0.29, 0.717) is 38.3 Å². The smallest absolute Gasteiger partial charge is 0.328 e. The molecule has 0 aromatic heterocycles. The first kappa shape index (κ1) is 22.5. The molecule has 2 fully saturated rings. The van der Waals surface area contributed by atoms with Gasteiger partial charge in [-0.05, 0) is 37.5 Å². The van der Waals surface area contributed by atoms with E-state index in [1.807, 2.05) is 24.3 Å². The molecule has 2 heterocycles. The zero-order chi connectivity index (χ0) is 21.7. The molecule has 1 aromatic carbocycles. The number of methoxy groups -OCH3 is 3. The van der Waals surface area contributed by atoms with Gasteiger partial charge in [0.1, 0.15) is 11.3 Å². The van der Waals surface area contributed by atoms with Gasteiger partial charge in [0.15, 0.2) is 0 Å². The van der Waals surface area contributed by atoms with Crippen LogP contribution in [0.3, 0.4) is 0 Å². The molecule has 30 heavy (non-hydrogen) atoms. The molecule has 0 N–H and O–H groups in total. The summed E-state index contributed by atoms with van der Waals surface area (Å²) in [5.74, 6) is 0.600. The van der Waals surface area contributed by atoms with Crippen LogP contribution >= 0.6 is 0 Å². The Balaban J connectivity index is 1.81. The number of benzene rings is 1. The zero-order valence-electron chi connectivity index (χ0n) is 18.4. The van der Waals surface area contributed by atoms with Crippen molar-refractivity contribution in [2.24, 2.45) is 0 Å². The van der Waals surface area contributed by atoms with Gasteiger partial charge in [0.2, 0.25) is 0 Å². The second kappa shape index (κ2) is 9.76. The largest absolute Gasteiger partial charge is 0.497 e. The third kappa shape index (κ3) is 4.31. The number of rotatable bonds is 9. The maximum absolute atomic E-state index is 13.6. The normalized spacial score (nSPS) is 20.3. The van der Waals surface area contributed by atoms with Crippen LogP contribution < -0.4 is 4.74 Å². The Morgan fingerprint density at radius 2 is 1.83 bits per heavy atom. The number of carbonyl (C=O) groups excluding carboxylic acids is 2. The van der Waals surface area contributed by atoms with Gasteiger partial charge in [0, 0.05) is 39.9 Å². The lowest BCUT2D eigenvalue weighted by Gasteiger charge is -2.43. The summed E-state index contributed by atoms with van der Waals surface area (Å²) >= 11 is 0. The number of ether oxygens (including phenoxy) is 3. The molecule has 0 saturated carbocycles. The van der Waals surface area contributed by atoms with Crippen LogP contribution in [-0.2, 0) is 20.8 Å². The molecule has 1 spiro atoms. The molecular formula is C22H33N3O5. The van der Waals surface area contributed by atoms with Crippen molar-refractivity contribution in [2.45, 2.75) is 37.9 Å². The molecule has 2 saturated heterocycles. The molecule has 8 heteroatoms. The van der Waals surface area contributed by atoms with Crippen LogP contribution in [0.5, 0.6) is 5.75 Å². The summed E-state index contributed by atoms with van der Waals surface area (Å²) in [6.45, 7) is 5.32. The summed E-state index contributed by atoms with van der Waals surface area (Å²) in [5, 5.41) is 0. The van der Waals surface area contributed by atoms with Gasteiger partial charge in [-0.2, -0.15) is 0 Å². The van der Waals surface area contributed by atoms with Gasteiger partial charge in [-0.25, -0.2) is 4.79 Å². The van der Waals surface area contributed by atoms with Gasteiger partial charge in [-0.1, -0.05) is 12.1 Å². The predicted molar refractivity (Wildman–Crippen MR) is 112 cm³/mol. The molecule has 1 aromatic rings. The summed E-state index contributed by atoms with van der Waals surface area (Å²) in [5.41, 5.74) is 0.0727. The van der Waals surface area contributed by atoms with Gasteiger partial charge >= 0.3 is 6.03 Å². The lowest BCUT2D eigenvalue weighted by Crippen LogP contribution is -2.58. The van der Waals surface area contributed by atoms with Gasteiger partial charge < -0.3 is 19.1 Å². The van der Waals surface area contributed by atoms with Crippen molar-refractivity contribution in [3.05, 3.63) is 29.8 Å². The van der Waals surface area contributed by atoms with Crippen LogP contribution in [0.4, 0.5) is 4.79 Å². The molecule has 2 aliphatic rings. The van der Waals surface area contributed by atoms with Crippen LogP contribution in [0, 0.1) is 0 Å². The lowest BCUT2D eigenvalue weighted by atomic mass is 9.85. The van der Waals surface area contributed by atoms with Crippen molar-refractivity contribution < 1.29 is 23.8 Å². The van der Waals surface area contributed by atoms with E-state index >= 15 is 0 Å². The monoisotopic (exact) mass is 419 g/mol. The number of piperidine rings is 1. The van der Waals surface area contributed by atoms with E-state index < -0.39 is 5.54 Å². The minimum absolute atomic E-state index is 0.106. The highest BCUT2D eigenvalue weighted by Gasteiger charge is 2.57. The average molecular weight is 420 g/mol. The molecule has 3 rings (SSSR count). The number of carbonyl (C=O) groups is 2. The van der Waals surface area contributed by atoms with E-state index in [1.54, 1.807) is 26.2 Å². The van der Waals surface area contributed by atoms with Gasteiger partial charge in [0.25, 0.3) is 5.91 Å². The SMILES string of the molecule is COCCN1C(=O)N(Cc2cccc(OC)c2)C(=O)C12CCN([C@@H](C)COC)CC2. The Morgan fingerprint density at radius 1 is 1.10 bits per heavy atom. The molecule has 2 aliphatic heterocycles. The maximum atomic E-state index is 13.6. The van der Waals surface area contributed by atoms with Crippen molar-refractivity contribution in [3.63, 3.8) is 0 Å². The third-order valence-electron chi connectivity index (χ3n) is 6.27. The molecule has 0 unspecified atom stereocenters. The highest BCUT2D eigenvalue weighted by molar-refractivity contribution is 6.07.